The molecule has 1 aliphatic carbocycles. The summed E-state index contributed by atoms with van der Waals surface area (Å²) >= 11 is 0. The summed E-state index contributed by atoms with van der Waals surface area (Å²) in [5.74, 6) is -0.121. The van der Waals surface area contributed by atoms with E-state index in [1.807, 2.05) is 0 Å². The lowest BCUT2D eigenvalue weighted by Crippen LogP contribution is -2.37. The third-order valence-corrected chi connectivity index (χ3v) is 3.04. The molecule has 0 saturated heterocycles. The number of aromatic nitrogens is 1. The van der Waals surface area contributed by atoms with Crippen molar-refractivity contribution in [3.05, 3.63) is 28.7 Å². The molecule has 1 heterocycles. The van der Waals surface area contributed by atoms with Crippen molar-refractivity contribution in [1.82, 2.24) is 9.88 Å². The van der Waals surface area contributed by atoms with Gasteiger partial charge in [0, 0.05) is 24.0 Å². The van der Waals surface area contributed by atoms with Gasteiger partial charge in [0.15, 0.2) is 0 Å². The van der Waals surface area contributed by atoms with Crippen molar-refractivity contribution in [3.8, 4) is 0 Å². The molecule has 1 amide bonds. The van der Waals surface area contributed by atoms with E-state index in [1.165, 1.54) is 35.7 Å². The van der Waals surface area contributed by atoms with E-state index in [9.17, 15) is 9.59 Å². The number of hydrogen-bond donors (Lipinski definition) is 2. The van der Waals surface area contributed by atoms with Crippen molar-refractivity contribution in [2.75, 3.05) is 5.73 Å². The van der Waals surface area contributed by atoms with Crippen LogP contribution in [-0.4, -0.2) is 16.5 Å². The van der Waals surface area contributed by atoms with E-state index in [1.54, 1.807) is 0 Å². The third kappa shape index (κ3) is 3.09. The summed E-state index contributed by atoms with van der Waals surface area (Å²) in [6.07, 6.45) is 5.91. The van der Waals surface area contributed by atoms with Crippen molar-refractivity contribution in [1.29, 1.82) is 0 Å². The molecule has 0 radical (unpaired) electrons. The molecular formula is C12H17N3O2. The fourth-order valence-electron chi connectivity index (χ4n) is 2.17. The standard InChI is InChI=1S/C12H17N3O2/c13-9-5-6-12(17)15(7-9)8-11(16)14-10-3-1-2-4-10/h5-7,10H,1-4,8,13H2,(H,14,16). The lowest BCUT2D eigenvalue weighted by molar-refractivity contribution is -0.122. The Labute approximate surface area is 99.6 Å². The quantitative estimate of drug-likeness (QED) is 0.800. The summed E-state index contributed by atoms with van der Waals surface area (Å²) in [6.45, 7) is 0.0420. The van der Waals surface area contributed by atoms with Crippen molar-refractivity contribution in [2.45, 2.75) is 38.3 Å². The van der Waals surface area contributed by atoms with E-state index in [-0.39, 0.29) is 24.1 Å². The van der Waals surface area contributed by atoms with Gasteiger partial charge in [0.2, 0.25) is 5.91 Å². The molecule has 5 heteroatoms. The van der Waals surface area contributed by atoms with E-state index >= 15 is 0 Å². The number of nitrogens with zero attached hydrogens (tertiary/aromatic N) is 1. The van der Waals surface area contributed by atoms with Crippen LogP contribution in [0, 0.1) is 0 Å². The Morgan fingerprint density at radius 2 is 2.12 bits per heavy atom. The molecule has 0 spiro atoms. The van der Waals surface area contributed by atoms with E-state index in [0.717, 1.165) is 12.8 Å². The Morgan fingerprint density at radius 3 is 2.82 bits per heavy atom. The van der Waals surface area contributed by atoms with Crippen LogP contribution >= 0.6 is 0 Å². The fraction of sp³-hybridized carbons (Fsp3) is 0.500. The molecule has 1 saturated carbocycles. The second-order valence-corrected chi connectivity index (χ2v) is 4.48. The minimum atomic E-state index is -0.208. The SMILES string of the molecule is Nc1ccc(=O)n(CC(=O)NC2CCCC2)c1. The Hall–Kier alpha value is -1.78. The van der Waals surface area contributed by atoms with E-state index in [2.05, 4.69) is 5.32 Å². The van der Waals surface area contributed by atoms with Crippen molar-refractivity contribution >= 4 is 11.6 Å². The molecule has 2 rings (SSSR count). The van der Waals surface area contributed by atoms with Crippen LogP contribution in [0.2, 0.25) is 0 Å². The Kier molecular flexibility index (Phi) is 3.46. The zero-order chi connectivity index (χ0) is 12.3. The summed E-state index contributed by atoms with van der Waals surface area (Å²) in [6, 6.07) is 3.19. The molecular weight excluding hydrogens is 218 g/mol. The van der Waals surface area contributed by atoms with Gasteiger partial charge in [-0.3, -0.25) is 9.59 Å². The predicted molar refractivity (Wildman–Crippen MR) is 65.5 cm³/mol. The largest absolute Gasteiger partial charge is 0.398 e. The van der Waals surface area contributed by atoms with Gasteiger partial charge >= 0.3 is 0 Å². The molecule has 1 aromatic heterocycles. The van der Waals surface area contributed by atoms with Crippen LogP contribution in [0.15, 0.2) is 23.1 Å². The predicted octanol–water partition coefficient (Wildman–Crippen LogP) is 0.489. The number of nitrogen functional groups attached to an aromatic ring is 1. The molecule has 1 fully saturated rings. The molecule has 0 atom stereocenters. The highest BCUT2D eigenvalue weighted by Gasteiger charge is 2.17. The lowest BCUT2D eigenvalue weighted by atomic mass is 10.2. The normalized spacial score (nSPS) is 16.0. The van der Waals surface area contributed by atoms with Crippen molar-refractivity contribution in [2.24, 2.45) is 0 Å². The van der Waals surface area contributed by atoms with Gasteiger partial charge in [0.25, 0.3) is 5.56 Å². The molecule has 1 aliphatic rings. The van der Waals surface area contributed by atoms with Gasteiger partial charge in [-0.1, -0.05) is 12.8 Å². The molecule has 0 unspecified atom stereocenters. The van der Waals surface area contributed by atoms with Gasteiger partial charge in [0.1, 0.15) is 6.54 Å². The Bertz CT molecular complexity index is 461. The summed E-state index contributed by atoms with van der Waals surface area (Å²) in [5.41, 5.74) is 5.85. The summed E-state index contributed by atoms with van der Waals surface area (Å²) in [7, 11) is 0. The number of nitrogens with one attached hydrogen (secondary N) is 1. The molecule has 1 aromatic rings. The van der Waals surface area contributed by atoms with Crippen LogP contribution in [0.25, 0.3) is 0 Å². The maximum Gasteiger partial charge on any atom is 0.251 e. The minimum absolute atomic E-state index is 0.0420. The first-order valence-corrected chi connectivity index (χ1v) is 5.90. The second-order valence-electron chi connectivity index (χ2n) is 4.48. The van der Waals surface area contributed by atoms with Crippen LogP contribution in [0.3, 0.4) is 0 Å². The number of amides is 1. The minimum Gasteiger partial charge on any atom is -0.398 e. The highest BCUT2D eigenvalue weighted by molar-refractivity contribution is 5.76. The number of nitrogens with two attached hydrogens (primary N) is 1. The highest BCUT2D eigenvalue weighted by Crippen LogP contribution is 2.17. The number of rotatable bonds is 3. The van der Waals surface area contributed by atoms with Crippen molar-refractivity contribution < 1.29 is 4.79 Å². The van der Waals surface area contributed by atoms with E-state index in [0.29, 0.717) is 5.69 Å². The number of carbonyl (C=O) groups is 1. The average molecular weight is 235 g/mol. The molecule has 17 heavy (non-hydrogen) atoms. The number of pyridine rings is 1. The van der Waals surface area contributed by atoms with Gasteiger partial charge in [-0.2, -0.15) is 0 Å². The zero-order valence-corrected chi connectivity index (χ0v) is 9.69. The fourth-order valence-corrected chi connectivity index (χ4v) is 2.17. The van der Waals surface area contributed by atoms with Crippen LogP contribution in [-0.2, 0) is 11.3 Å². The Balaban J connectivity index is 1.97. The first-order chi connectivity index (χ1) is 8.15. The number of anilines is 1. The van der Waals surface area contributed by atoms with Crippen LogP contribution in [0.4, 0.5) is 5.69 Å². The highest BCUT2D eigenvalue weighted by atomic mass is 16.2. The maximum absolute atomic E-state index is 11.7. The van der Waals surface area contributed by atoms with E-state index < -0.39 is 0 Å². The lowest BCUT2D eigenvalue weighted by Gasteiger charge is -2.12. The maximum atomic E-state index is 11.7. The van der Waals surface area contributed by atoms with Crippen molar-refractivity contribution in [3.63, 3.8) is 0 Å². The Morgan fingerprint density at radius 1 is 1.41 bits per heavy atom. The average Bonchev–Trinajstić information content (AvgIpc) is 2.76. The van der Waals surface area contributed by atoms with Gasteiger partial charge in [-0.15, -0.1) is 0 Å². The first kappa shape index (κ1) is 11.7. The zero-order valence-electron chi connectivity index (χ0n) is 9.69. The van der Waals surface area contributed by atoms with Crippen LogP contribution in [0.1, 0.15) is 25.7 Å². The first-order valence-electron chi connectivity index (χ1n) is 5.90. The monoisotopic (exact) mass is 235 g/mol. The topological polar surface area (TPSA) is 77.1 Å². The van der Waals surface area contributed by atoms with Gasteiger partial charge in [-0.25, -0.2) is 0 Å². The van der Waals surface area contributed by atoms with Gasteiger partial charge < -0.3 is 15.6 Å². The number of carbonyl (C=O) groups excluding carboxylic acids is 1. The van der Waals surface area contributed by atoms with Crippen LogP contribution < -0.4 is 16.6 Å². The smallest absolute Gasteiger partial charge is 0.251 e. The molecule has 5 nitrogen and oxygen atoms in total. The molecule has 92 valence electrons. The molecule has 0 aromatic carbocycles. The van der Waals surface area contributed by atoms with Gasteiger partial charge in [0.05, 0.1) is 0 Å². The summed E-state index contributed by atoms with van der Waals surface area (Å²) < 4.78 is 1.33. The van der Waals surface area contributed by atoms with E-state index in [4.69, 9.17) is 5.73 Å². The summed E-state index contributed by atoms with van der Waals surface area (Å²) in [4.78, 5) is 23.2. The second kappa shape index (κ2) is 5.03. The third-order valence-electron chi connectivity index (χ3n) is 3.04. The van der Waals surface area contributed by atoms with Gasteiger partial charge in [-0.05, 0) is 18.9 Å². The molecule has 0 aliphatic heterocycles. The summed E-state index contributed by atoms with van der Waals surface area (Å²) in [5, 5.41) is 2.93. The van der Waals surface area contributed by atoms with Crippen LogP contribution in [0.5, 0.6) is 0 Å². The molecule has 3 N–H and O–H groups in total. The number of hydrogen-bond acceptors (Lipinski definition) is 3. The molecule has 0 bridgehead atoms.